The molecule has 0 fully saturated rings. The van der Waals surface area contributed by atoms with E-state index in [0.29, 0.717) is 0 Å². The molecule has 1 radical (unpaired) electrons. The number of nitrogens with zero attached hydrogens (tertiary/aromatic N) is 1. The van der Waals surface area contributed by atoms with Gasteiger partial charge in [0.05, 0.1) is 22.2 Å². The molecule has 3 nitrogen and oxygen atoms in total. The second kappa shape index (κ2) is 7.96. The highest BCUT2D eigenvalue weighted by Crippen LogP contribution is 2.37. The lowest BCUT2D eigenvalue weighted by molar-refractivity contribution is -0.0893. The molecular weight excluding hydrogens is 449 g/mol. The summed E-state index contributed by atoms with van der Waals surface area (Å²) in [6.07, 6.45) is 0. The van der Waals surface area contributed by atoms with Gasteiger partial charge in [0.25, 0.3) is 0 Å². The minimum Gasteiger partial charge on any atom is -0.427 e. The van der Waals surface area contributed by atoms with Gasteiger partial charge in [-0.1, -0.05) is 54.0 Å². The lowest BCUT2D eigenvalue weighted by Gasteiger charge is -2.37. The number of fused-ring (bicyclic) bond motifs is 6. The van der Waals surface area contributed by atoms with Gasteiger partial charge >= 0.3 is 7.48 Å². The molecular formula is C30H27BNO2S. The Hall–Kier alpha value is -3.12. The van der Waals surface area contributed by atoms with Crippen molar-refractivity contribution in [3.8, 4) is 5.69 Å². The first-order chi connectivity index (χ1) is 16.7. The Morgan fingerprint density at radius 2 is 1.40 bits per heavy atom. The lowest BCUT2D eigenvalue weighted by atomic mass is 9.82. The van der Waals surface area contributed by atoms with Crippen LogP contribution in [-0.2, 0) is 4.65 Å². The Bertz CT molecular complexity index is 1720. The van der Waals surface area contributed by atoms with E-state index in [2.05, 4.69) is 89.5 Å². The van der Waals surface area contributed by atoms with Crippen LogP contribution in [0.1, 0.15) is 27.7 Å². The number of aliphatic hydroxyl groups is 1. The number of thiophene rings is 1. The van der Waals surface area contributed by atoms with Crippen molar-refractivity contribution in [1.82, 2.24) is 4.57 Å². The van der Waals surface area contributed by atoms with Crippen molar-refractivity contribution in [1.29, 1.82) is 0 Å². The topological polar surface area (TPSA) is 34.4 Å². The van der Waals surface area contributed by atoms with E-state index in [1.165, 1.54) is 36.5 Å². The normalized spacial score (nSPS) is 12.8. The molecule has 6 rings (SSSR count). The molecule has 0 aliphatic heterocycles. The first-order valence-electron chi connectivity index (χ1n) is 11.9. The average molecular weight is 476 g/mol. The zero-order chi connectivity index (χ0) is 24.4. The summed E-state index contributed by atoms with van der Waals surface area (Å²) >= 11 is 1.84. The van der Waals surface area contributed by atoms with Crippen LogP contribution in [0.5, 0.6) is 0 Å². The molecule has 173 valence electrons. The fourth-order valence-electron chi connectivity index (χ4n) is 4.55. The van der Waals surface area contributed by atoms with Crippen molar-refractivity contribution in [2.24, 2.45) is 0 Å². The molecule has 2 heterocycles. The van der Waals surface area contributed by atoms with Crippen molar-refractivity contribution in [2.45, 2.75) is 38.9 Å². The number of hydrogen-bond acceptors (Lipinski definition) is 3. The molecule has 1 N–H and O–H groups in total. The van der Waals surface area contributed by atoms with Crippen LogP contribution in [0.4, 0.5) is 0 Å². The van der Waals surface area contributed by atoms with E-state index < -0.39 is 11.2 Å². The van der Waals surface area contributed by atoms with Crippen LogP contribution in [0.25, 0.3) is 47.7 Å². The molecule has 0 amide bonds. The van der Waals surface area contributed by atoms with Gasteiger partial charge in [0, 0.05) is 36.6 Å². The van der Waals surface area contributed by atoms with Gasteiger partial charge < -0.3 is 14.3 Å². The molecule has 6 aromatic rings. The van der Waals surface area contributed by atoms with E-state index in [4.69, 9.17) is 4.65 Å². The zero-order valence-corrected chi connectivity index (χ0v) is 21.2. The van der Waals surface area contributed by atoms with Gasteiger partial charge in [-0.3, -0.25) is 0 Å². The van der Waals surface area contributed by atoms with Crippen LogP contribution >= 0.6 is 11.3 Å². The number of rotatable bonds is 5. The third-order valence-electron chi connectivity index (χ3n) is 7.28. The Kier molecular flexibility index (Phi) is 5.08. The van der Waals surface area contributed by atoms with Crippen molar-refractivity contribution >= 4 is 66.3 Å². The molecule has 0 spiro atoms. The molecule has 0 aliphatic carbocycles. The van der Waals surface area contributed by atoms with Crippen LogP contribution < -0.4 is 5.46 Å². The summed E-state index contributed by atoms with van der Waals surface area (Å²) in [6, 6.07) is 30.3. The summed E-state index contributed by atoms with van der Waals surface area (Å²) in [6.45, 7) is 7.34. The maximum absolute atomic E-state index is 10.5. The Morgan fingerprint density at radius 1 is 0.714 bits per heavy atom. The molecule has 0 saturated heterocycles. The zero-order valence-electron chi connectivity index (χ0n) is 20.4. The summed E-state index contributed by atoms with van der Waals surface area (Å²) in [5.41, 5.74) is 2.71. The van der Waals surface area contributed by atoms with Crippen LogP contribution in [0.15, 0.2) is 84.9 Å². The second-order valence-corrected chi connectivity index (χ2v) is 11.3. The highest BCUT2D eigenvalue weighted by atomic mass is 32.1. The SMILES string of the molecule is CC(C)(O)C(C)(C)O[B]c1ccc2c3ccccc3n(-c3ccc4sc5ccccc5c4c3)c2c1. The van der Waals surface area contributed by atoms with Crippen molar-refractivity contribution in [3.63, 3.8) is 0 Å². The van der Waals surface area contributed by atoms with Gasteiger partial charge in [-0.05, 0) is 64.1 Å². The standard InChI is InChI=1S/C30H27BNO2S/c1-29(2,33)30(3,4)34-31-19-13-15-22-21-9-5-7-11-25(21)32(26(22)17-19)20-14-16-28-24(18-20)23-10-6-8-12-27(23)35-28/h5-18,33H,1-4H3. The first kappa shape index (κ1) is 22.4. The van der Waals surface area contributed by atoms with Gasteiger partial charge in [0.15, 0.2) is 0 Å². The molecule has 0 aliphatic rings. The van der Waals surface area contributed by atoms with Crippen molar-refractivity contribution in [3.05, 3.63) is 84.9 Å². The van der Waals surface area contributed by atoms with E-state index in [1.54, 1.807) is 21.3 Å². The van der Waals surface area contributed by atoms with E-state index in [0.717, 1.165) is 16.7 Å². The van der Waals surface area contributed by atoms with Crippen LogP contribution in [0, 0.1) is 0 Å². The quantitative estimate of drug-likeness (QED) is 0.273. The fraction of sp³-hybridized carbons (Fsp3) is 0.200. The fourth-order valence-corrected chi connectivity index (χ4v) is 5.64. The van der Waals surface area contributed by atoms with Gasteiger partial charge in [-0.15, -0.1) is 11.3 Å². The predicted octanol–water partition coefficient (Wildman–Crippen LogP) is 6.96. The van der Waals surface area contributed by atoms with Crippen molar-refractivity contribution in [2.75, 3.05) is 0 Å². The summed E-state index contributed by atoms with van der Waals surface area (Å²) in [5.74, 6) is 0. The highest BCUT2D eigenvalue weighted by molar-refractivity contribution is 7.25. The number of aromatic nitrogens is 1. The smallest absolute Gasteiger partial charge is 0.330 e. The van der Waals surface area contributed by atoms with Gasteiger partial charge in [-0.25, -0.2) is 0 Å². The molecule has 0 saturated carbocycles. The molecule has 4 aromatic carbocycles. The Labute approximate surface area is 209 Å². The monoisotopic (exact) mass is 476 g/mol. The predicted molar refractivity (Wildman–Crippen MR) is 151 cm³/mol. The van der Waals surface area contributed by atoms with E-state index >= 15 is 0 Å². The second-order valence-electron chi connectivity index (χ2n) is 10.2. The number of benzene rings is 4. The van der Waals surface area contributed by atoms with Crippen LogP contribution in [0.2, 0.25) is 0 Å². The first-order valence-corrected chi connectivity index (χ1v) is 12.7. The van der Waals surface area contributed by atoms with Gasteiger partial charge in [-0.2, -0.15) is 0 Å². The van der Waals surface area contributed by atoms with Gasteiger partial charge in [0.1, 0.15) is 0 Å². The van der Waals surface area contributed by atoms with Crippen LogP contribution in [0.3, 0.4) is 0 Å². The number of hydrogen-bond donors (Lipinski definition) is 1. The summed E-state index contributed by atoms with van der Waals surface area (Å²) in [5, 5.41) is 15.5. The van der Waals surface area contributed by atoms with E-state index in [1.807, 2.05) is 25.2 Å². The molecule has 0 bridgehead atoms. The average Bonchev–Trinajstić information content (AvgIpc) is 3.37. The summed E-state index contributed by atoms with van der Waals surface area (Å²) < 4.78 is 11.0. The third-order valence-corrected chi connectivity index (χ3v) is 8.43. The summed E-state index contributed by atoms with van der Waals surface area (Å²) in [4.78, 5) is 0. The minimum absolute atomic E-state index is 0.723. The molecule has 35 heavy (non-hydrogen) atoms. The van der Waals surface area contributed by atoms with Crippen LogP contribution in [-0.4, -0.2) is 28.4 Å². The van der Waals surface area contributed by atoms with E-state index in [9.17, 15) is 5.11 Å². The molecule has 0 atom stereocenters. The molecule has 2 aromatic heterocycles. The highest BCUT2D eigenvalue weighted by Gasteiger charge is 2.35. The van der Waals surface area contributed by atoms with Gasteiger partial charge in [0.2, 0.25) is 0 Å². The van der Waals surface area contributed by atoms with Crippen molar-refractivity contribution < 1.29 is 9.76 Å². The number of para-hydroxylation sites is 1. The largest absolute Gasteiger partial charge is 0.427 e. The van der Waals surface area contributed by atoms with E-state index in [-0.39, 0.29) is 0 Å². The maximum atomic E-state index is 10.5. The molecule has 5 heteroatoms. The third kappa shape index (κ3) is 3.66. The Balaban J connectivity index is 1.53. The Morgan fingerprint density at radius 3 is 2.20 bits per heavy atom. The maximum Gasteiger partial charge on any atom is 0.330 e. The molecule has 0 unspecified atom stereocenters. The summed E-state index contributed by atoms with van der Waals surface area (Å²) in [7, 11) is 1.76. The lowest BCUT2D eigenvalue weighted by Crippen LogP contribution is -2.49. The minimum atomic E-state index is -0.971.